The van der Waals surface area contributed by atoms with Gasteiger partial charge in [-0.1, -0.05) is 19.1 Å². The third-order valence-electron chi connectivity index (χ3n) is 6.14. The number of anilines is 2. The van der Waals surface area contributed by atoms with Crippen LogP contribution in [0.2, 0.25) is 0 Å². The third kappa shape index (κ3) is 8.63. The Morgan fingerprint density at radius 2 is 1.90 bits per heavy atom. The number of amidine groups is 1. The number of aliphatic imine (C=N–C) groups is 1. The predicted molar refractivity (Wildman–Crippen MR) is 160 cm³/mol. The van der Waals surface area contributed by atoms with Gasteiger partial charge in [-0.2, -0.15) is 0 Å². The van der Waals surface area contributed by atoms with Gasteiger partial charge in [-0.25, -0.2) is 12.8 Å². The van der Waals surface area contributed by atoms with Gasteiger partial charge in [0.2, 0.25) is 0 Å². The molecule has 0 atom stereocenters. The smallest absolute Gasteiger partial charge is 0.152 e. The van der Waals surface area contributed by atoms with Gasteiger partial charge in [-0.15, -0.1) is 0 Å². The zero-order valence-corrected chi connectivity index (χ0v) is 23.9. The average molecular weight is 580 g/mol. The Kier molecular flexibility index (Phi) is 10.1. The molecular formula is C30H34FN5O4S. The highest BCUT2D eigenvalue weighted by Gasteiger charge is 2.14. The molecular weight excluding hydrogens is 545 g/mol. The predicted octanol–water partition coefficient (Wildman–Crippen LogP) is 5.04. The Hall–Kier alpha value is -4.22. The van der Waals surface area contributed by atoms with Gasteiger partial charge in [0.05, 0.1) is 24.2 Å². The minimum absolute atomic E-state index is 0.0913. The van der Waals surface area contributed by atoms with Crippen molar-refractivity contribution in [3.05, 3.63) is 95.6 Å². The topological polar surface area (TPSA) is 132 Å². The van der Waals surface area contributed by atoms with Crippen LogP contribution in [0.5, 0.6) is 5.75 Å². The summed E-state index contributed by atoms with van der Waals surface area (Å²) >= 11 is 0. The van der Waals surface area contributed by atoms with E-state index in [4.69, 9.17) is 14.9 Å². The molecule has 0 saturated heterocycles. The number of hydrogen-bond acceptors (Lipinski definition) is 8. The first-order valence-electron chi connectivity index (χ1n) is 13.2. The fraction of sp³-hybridized carbons (Fsp3) is 0.267. The van der Waals surface area contributed by atoms with Gasteiger partial charge >= 0.3 is 0 Å². The molecule has 41 heavy (non-hydrogen) atoms. The fourth-order valence-electron chi connectivity index (χ4n) is 4.08. The highest BCUT2D eigenvalue weighted by molar-refractivity contribution is 7.91. The van der Waals surface area contributed by atoms with Crippen molar-refractivity contribution in [3.8, 4) is 17.2 Å². The SMILES string of the molecule is CCCS(=O)(=O)CCNCc1ccc(-c2cc(C(=NC)Nc3ccc(OCc4cccc(F)c4)cc3)c(N)cn2)o1. The van der Waals surface area contributed by atoms with Crippen molar-refractivity contribution < 1.29 is 22.0 Å². The number of ether oxygens (including phenoxy) is 1. The molecule has 0 fully saturated rings. The summed E-state index contributed by atoms with van der Waals surface area (Å²) in [5, 5.41) is 6.39. The minimum atomic E-state index is -3.03. The number of rotatable bonds is 13. The normalized spacial score (nSPS) is 11.9. The Labute approximate surface area is 239 Å². The number of nitrogens with zero attached hydrogens (tertiary/aromatic N) is 2. The molecule has 0 aliphatic carbocycles. The van der Waals surface area contributed by atoms with Gasteiger partial charge in [0.15, 0.2) is 15.6 Å². The maximum atomic E-state index is 13.4. The number of furan rings is 1. The molecule has 0 aliphatic rings. The molecule has 0 amide bonds. The number of aromatic nitrogens is 1. The van der Waals surface area contributed by atoms with Gasteiger partial charge in [0.25, 0.3) is 0 Å². The monoisotopic (exact) mass is 579 g/mol. The van der Waals surface area contributed by atoms with Crippen LogP contribution >= 0.6 is 0 Å². The van der Waals surface area contributed by atoms with E-state index in [0.29, 0.717) is 59.6 Å². The molecule has 0 bridgehead atoms. The molecule has 0 spiro atoms. The standard InChI is InChI=1S/C30H34FN5O4S/c1-3-14-41(37,38)15-13-34-18-25-11-12-29(40-25)28-17-26(27(32)19-35-28)30(33-2)36-23-7-9-24(10-8-23)39-20-21-5-4-6-22(31)16-21/h4-12,16-17,19,34H,3,13-15,18,20,32H2,1-2H3,(H,33,36). The molecule has 2 aromatic carbocycles. The van der Waals surface area contributed by atoms with Crippen LogP contribution < -0.4 is 21.1 Å². The lowest BCUT2D eigenvalue weighted by Gasteiger charge is -2.13. The summed E-state index contributed by atoms with van der Waals surface area (Å²) in [4.78, 5) is 8.80. The van der Waals surface area contributed by atoms with E-state index in [1.54, 1.807) is 31.4 Å². The largest absolute Gasteiger partial charge is 0.489 e. The number of hydrogen-bond donors (Lipinski definition) is 3. The van der Waals surface area contributed by atoms with E-state index >= 15 is 0 Å². The summed E-state index contributed by atoms with van der Waals surface area (Å²) in [5.74, 6) is 2.39. The van der Waals surface area contributed by atoms with Gasteiger partial charge in [-0.3, -0.25) is 9.98 Å². The van der Waals surface area contributed by atoms with Crippen molar-refractivity contribution in [1.29, 1.82) is 0 Å². The molecule has 11 heteroatoms. The van der Waals surface area contributed by atoms with Gasteiger partial charge in [0.1, 0.15) is 35.5 Å². The van der Waals surface area contributed by atoms with E-state index < -0.39 is 9.84 Å². The van der Waals surface area contributed by atoms with E-state index in [1.807, 2.05) is 43.3 Å². The van der Waals surface area contributed by atoms with Crippen LogP contribution in [0.3, 0.4) is 0 Å². The Balaban J connectivity index is 1.37. The number of nitrogens with two attached hydrogens (primary N) is 1. The molecule has 0 unspecified atom stereocenters. The minimum Gasteiger partial charge on any atom is -0.489 e. The molecule has 9 nitrogen and oxygen atoms in total. The molecule has 4 rings (SSSR count). The summed E-state index contributed by atoms with van der Waals surface area (Å²) in [6, 6.07) is 19.1. The summed E-state index contributed by atoms with van der Waals surface area (Å²) < 4.78 is 48.8. The van der Waals surface area contributed by atoms with Crippen LogP contribution in [0, 0.1) is 5.82 Å². The molecule has 2 aromatic heterocycles. The fourth-order valence-corrected chi connectivity index (χ4v) is 5.36. The van der Waals surface area contributed by atoms with Crippen LogP contribution in [0.4, 0.5) is 15.8 Å². The molecule has 0 saturated carbocycles. The number of pyridine rings is 1. The number of halogens is 1. The maximum Gasteiger partial charge on any atom is 0.152 e. The molecule has 0 radical (unpaired) electrons. The lowest BCUT2D eigenvalue weighted by Crippen LogP contribution is -2.23. The quantitative estimate of drug-likeness (QED) is 0.114. The van der Waals surface area contributed by atoms with Crippen molar-refractivity contribution in [2.45, 2.75) is 26.5 Å². The van der Waals surface area contributed by atoms with Crippen molar-refractivity contribution in [2.24, 2.45) is 4.99 Å². The first kappa shape index (κ1) is 29.8. The first-order chi connectivity index (χ1) is 19.8. The molecule has 0 aliphatic heterocycles. The Morgan fingerprint density at radius 3 is 2.63 bits per heavy atom. The molecule has 4 aromatic rings. The highest BCUT2D eigenvalue weighted by atomic mass is 32.2. The number of nitrogen functional groups attached to an aromatic ring is 1. The number of nitrogens with one attached hydrogen (secondary N) is 2. The lowest BCUT2D eigenvalue weighted by atomic mass is 10.1. The van der Waals surface area contributed by atoms with Crippen LogP contribution in [-0.4, -0.2) is 44.3 Å². The molecule has 2 heterocycles. The Morgan fingerprint density at radius 1 is 1.10 bits per heavy atom. The summed E-state index contributed by atoms with van der Waals surface area (Å²) in [6.07, 6.45) is 2.17. The summed E-state index contributed by atoms with van der Waals surface area (Å²) in [6.45, 7) is 2.86. The second-order valence-corrected chi connectivity index (χ2v) is 11.7. The van der Waals surface area contributed by atoms with E-state index in [1.165, 1.54) is 12.1 Å². The van der Waals surface area contributed by atoms with Crippen molar-refractivity contribution in [2.75, 3.05) is 36.1 Å². The van der Waals surface area contributed by atoms with E-state index in [2.05, 4.69) is 20.6 Å². The molecule has 4 N–H and O–H groups in total. The molecule has 216 valence electrons. The zero-order chi connectivity index (χ0) is 29.2. The number of sulfone groups is 1. The van der Waals surface area contributed by atoms with Gasteiger partial charge in [-0.05, 0) is 66.6 Å². The summed E-state index contributed by atoms with van der Waals surface area (Å²) in [5.41, 5.74) is 9.44. The van der Waals surface area contributed by atoms with Gasteiger partial charge in [0, 0.05) is 30.6 Å². The van der Waals surface area contributed by atoms with Gasteiger partial charge < -0.3 is 25.5 Å². The van der Waals surface area contributed by atoms with E-state index in [0.717, 1.165) is 11.3 Å². The van der Waals surface area contributed by atoms with Crippen LogP contribution in [0.15, 0.2) is 82.3 Å². The Bertz CT molecular complexity index is 1590. The van der Waals surface area contributed by atoms with Crippen molar-refractivity contribution in [3.63, 3.8) is 0 Å². The van der Waals surface area contributed by atoms with Crippen LogP contribution in [-0.2, 0) is 23.0 Å². The first-order valence-corrected chi connectivity index (χ1v) is 15.1. The van der Waals surface area contributed by atoms with E-state index in [9.17, 15) is 12.8 Å². The van der Waals surface area contributed by atoms with Crippen LogP contribution in [0.1, 0.15) is 30.2 Å². The van der Waals surface area contributed by atoms with Crippen LogP contribution in [0.25, 0.3) is 11.5 Å². The lowest BCUT2D eigenvalue weighted by molar-refractivity contribution is 0.305. The maximum absolute atomic E-state index is 13.4. The highest BCUT2D eigenvalue weighted by Crippen LogP contribution is 2.25. The van der Waals surface area contributed by atoms with Crippen molar-refractivity contribution >= 4 is 27.0 Å². The third-order valence-corrected chi connectivity index (χ3v) is 8.00. The second-order valence-electron chi connectivity index (χ2n) is 9.39. The van der Waals surface area contributed by atoms with E-state index in [-0.39, 0.29) is 23.9 Å². The number of benzene rings is 2. The summed E-state index contributed by atoms with van der Waals surface area (Å²) in [7, 11) is -1.37. The average Bonchev–Trinajstić information content (AvgIpc) is 3.43. The zero-order valence-electron chi connectivity index (χ0n) is 23.1. The second kappa shape index (κ2) is 13.9. The van der Waals surface area contributed by atoms with Crippen molar-refractivity contribution in [1.82, 2.24) is 10.3 Å².